The van der Waals surface area contributed by atoms with Gasteiger partial charge in [-0.1, -0.05) is 13.3 Å². The molecule has 0 aliphatic rings. The molecule has 6 nitrogen and oxygen atoms in total. The quantitative estimate of drug-likeness (QED) is 0.439. The van der Waals surface area contributed by atoms with Gasteiger partial charge in [0.1, 0.15) is 12.1 Å². The van der Waals surface area contributed by atoms with Gasteiger partial charge in [-0.2, -0.15) is 0 Å². The first kappa shape index (κ1) is 15.2. The highest BCUT2D eigenvalue weighted by atomic mass is 16.5. The lowest BCUT2D eigenvalue weighted by atomic mass is 10.1. The van der Waals surface area contributed by atoms with Crippen LogP contribution in [0.2, 0.25) is 0 Å². The van der Waals surface area contributed by atoms with Crippen molar-refractivity contribution in [2.75, 3.05) is 12.0 Å². The number of anilines is 1. The summed E-state index contributed by atoms with van der Waals surface area (Å²) in [6, 6.07) is 4.04. The van der Waals surface area contributed by atoms with Gasteiger partial charge in [-0.05, 0) is 37.0 Å². The second kappa shape index (κ2) is 8.16. The molecule has 3 N–H and O–H groups in total. The van der Waals surface area contributed by atoms with Crippen LogP contribution in [0.4, 0.5) is 5.82 Å². The van der Waals surface area contributed by atoms with Gasteiger partial charge < -0.3 is 10.2 Å². The van der Waals surface area contributed by atoms with Crippen molar-refractivity contribution in [1.29, 1.82) is 0 Å². The van der Waals surface area contributed by atoms with E-state index in [4.69, 9.17) is 10.6 Å². The minimum atomic E-state index is 0.611. The highest BCUT2D eigenvalue weighted by molar-refractivity contribution is 5.47. The summed E-state index contributed by atoms with van der Waals surface area (Å²) in [5.41, 5.74) is 4.79. The molecule has 0 aliphatic carbocycles. The van der Waals surface area contributed by atoms with Crippen molar-refractivity contribution in [3.8, 4) is 5.88 Å². The monoisotopic (exact) mass is 287 g/mol. The van der Waals surface area contributed by atoms with Crippen molar-refractivity contribution in [2.24, 2.45) is 5.84 Å². The van der Waals surface area contributed by atoms with Gasteiger partial charge in [0.2, 0.25) is 5.88 Å². The van der Waals surface area contributed by atoms with Crippen LogP contribution < -0.4 is 16.0 Å². The first-order chi connectivity index (χ1) is 10.3. The van der Waals surface area contributed by atoms with Crippen LogP contribution in [0.3, 0.4) is 0 Å². The molecule has 21 heavy (non-hydrogen) atoms. The number of hydrogen-bond donors (Lipinski definition) is 2. The minimum absolute atomic E-state index is 0.611. The summed E-state index contributed by atoms with van der Waals surface area (Å²) in [4.78, 5) is 12.3. The predicted molar refractivity (Wildman–Crippen MR) is 81.9 cm³/mol. The third-order valence-corrected chi connectivity index (χ3v) is 3.14. The van der Waals surface area contributed by atoms with E-state index < -0.39 is 0 Å². The second-order valence-electron chi connectivity index (χ2n) is 4.71. The first-order valence-corrected chi connectivity index (χ1v) is 7.17. The van der Waals surface area contributed by atoms with E-state index in [9.17, 15) is 0 Å². The number of nitrogens with two attached hydrogens (primary N) is 1. The maximum atomic E-state index is 5.79. The van der Waals surface area contributed by atoms with Crippen LogP contribution in [-0.4, -0.2) is 21.6 Å². The van der Waals surface area contributed by atoms with Gasteiger partial charge in [0.15, 0.2) is 0 Å². The number of nitrogens with one attached hydrogen (secondary N) is 1. The van der Waals surface area contributed by atoms with Crippen LogP contribution in [0.25, 0.3) is 0 Å². The molecule has 0 unspecified atom stereocenters. The number of hydrogen-bond acceptors (Lipinski definition) is 6. The number of nitrogens with zero attached hydrogens (tertiary/aromatic N) is 3. The van der Waals surface area contributed by atoms with Crippen LogP contribution in [-0.2, 0) is 12.8 Å². The highest BCUT2D eigenvalue weighted by Gasteiger charge is 2.11. The van der Waals surface area contributed by atoms with E-state index in [0.29, 0.717) is 18.3 Å². The molecule has 0 saturated heterocycles. The normalized spacial score (nSPS) is 10.4. The Morgan fingerprint density at radius 3 is 2.71 bits per heavy atom. The molecule has 0 aliphatic heterocycles. The van der Waals surface area contributed by atoms with Crippen molar-refractivity contribution in [3.05, 3.63) is 42.0 Å². The third kappa shape index (κ3) is 4.39. The average Bonchev–Trinajstić information content (AvgIpc) is 2.54. The van der Waals surface area contributed by atoms with Crippen LogP contribution >= 0.6 is 0 Å². The van der Waals surface area contributed by atoms with Crippen LogP contribution in [0.5, 0.6) is 5.88 Å². The average molecular weight is 287 g/mol. The first-order valence-electron chi connectivity index (χ1n) is 7.17. The Hall–Kier alpha value is -2.21. The van der Waals surface area contributed by atoms with Gasteiger partial charge in [-0.15, -0.1) is 0 Å². The molecule has 2 aromatic rings. The Morgan fingerprint density at radius 2 is 2.00 bits per heavy atom. The molecule has 0 amide bonds. The van der Waals surface area contributed by atoms with Gasteiger partial charge in [0.25, 0.3) is 0 Å². The SMILES string of the molecule is CCCc1c(NN)ncnc1OCCCc1ccncc1. The Bertz CT molecular complexity index is 547. The van der Waals surface area contributed by atoms with Crippen molar-refractivity contribution < 1.29 is 4.74 Å². The molecule has 0 spiro atoms. The lowest BCUT2D eigenvalue weighted by Gasteiger charge is -2.12. The van der Waals surface area contributed by atoms with Gasteiger partial charge in [0, 0.05) is 12.4 Å². The molecule has 0 saturated carbocycles. The number of pyridine rings is 1. The molecule has 2 rings (SSSR count). The van der Waals surface area contributed by atoms with Crippen LogP contribution in [0, 0.1) is 0 Å². The molecule has 112 valence electrons. The van der Waals surface area contributed by atoms with Crippen LogP contribution in [0.1, 0.15) is 30.9 Å². The number of rotatable bonds is 8. The Morgan fingerprint density at radius 1 is 1.19 bits per heavy atom. The second-order valence-corrected chi connectivity index (χ2v) is 4.71. The van der Waals surface area contributed by atoms with E-state index in [1.165, 1.54) is 11.9 Å². The molecule has 2 aromatic heterocycles. The number of ether oxygens (including phenoxy) is 1. The largest absolute Gasteiger partial charge is 0.477 e. The summed E-state index contributed by atoms with van der Waals surface area (Å²) in [5.74, 6) is 6.73. The molecular formula is C15H21N5O. The zero-order chi connectivity index (χ0) is 14.9. The molecule has 0 fully saturated rings. The van der Waals surface area contributed by atoms with Crippen LogP contribution in [0.15, 0.2) is 30.9 Å². The minimum Gasteiger partial charge on any atom is -0.477 e. The van der Waals surface area contributed by atoms with Crippen molar-refractivity contribution in [2.45, 2.75) is 32.6 Å². The Kier molecular flexibility index (Phi) is 5.90. The van der Waals surface area contributed by atoms with E-state index in [1.807, 2.05) is 12.1 Å². The highest BCUT2D eigenvalue weighted by Crippen LogP contribution is 2.23. The summed E-state index contributed by atoms with van der Waals surface area (Å²) >= 11 is 0. The lowest BCUT2D eigenvalue weighted by molar-refractivity contribution is 0.295. The fourth-order valence-electron chi connectivity index (χ4n) is 2.11. The number of nitrogen functional groups attached to an aromatic ring is 1. The molecule has 2 heterocycles. The fourth-order valence-corrected chi connectivity index (χ4v) is 2.11. The standard InChI is InChI=1S/C15H21N5O/c1-2-4-13-14(20-16)18-11-19-15(13)21-10-3-5-12-6-8-17-9-7-12/h6-9,11H,2-5,10,16H2,1H3,(H,18,19,20). The predicted octanol–water partition coefficient (Wildman–Crippen LogP) is 2.12. The van der Waals surface area contributed by atoms with E-state index in [-0.39, 0.29) is 0 Å². The Balaban J connectivity index is 1.90. The molecular weight excluding hydrogens is 266 g/mol. The molecule has 0 atom stereocenters. The topological polar surface area (TPSA) is 86.0 Å². The number of aryl methyl sites for hydroxylation is 1. The smallest absolute Gasteiger partial charge is 0.221 e. The fraction of sp³-hybridized carbons (Fsp3) is 0.400. The van der Waals surface area contributed by atoms with E-state index in [2.05, 4.69) is 27.3 Å². The van der Waals surface area contributed by atoms with E-state index in [0.717, 1.165) is 31.2 Å². The van der Waals surface area contributed by atoms with E-state index >= 15 is 0 Å². The molecule has 6 heteroatoms. The van der Waals surface area contributed by atoms with Gasteiger partial charge >= 0.3 is 0 Å². The van der Waals surface area contributed by atoms with Crippen molar-refractivity contribution >= 4 is 5.82 Å². The summed E-state index contributed by atoms with van der Waals surface area (Å²) in [6.07, 6.45) is 8.77. The zero-order valence-corrected chi connectivity index (χ0v) is 12.2. The molecule has 0 bridgehead atoms. The molecule has 0 aromatic carbocycles. The third-order valence-electron chi connectivity index (χ3n) is 3.14. The van der Waals surface area contributed by atoms with Gasteiger partial charge in [-0.25, -0.2) is 15.8 Å². The lowest BCUT2D eigenvalue weighted by Crippen LogP contribution is -2.13. The zero-order valence-electron chi connectivity index (χ0n) is 12.2. The maximum absolute atomic E-state index is 5.79. The summed E-state index contributed by atoms with van der Waals surface area (Å²) in [6.45, 7) is 2.71. The van der Waals surface area contributed by atoms with Crippen molar-refractivity contribution in [3.63, 3.8) is 0 Å². The Labute approximate surface area is 124 Å². The van der Waals surface area contributed by atoms with Gasteiger partial charge in [-0.3, -0.25) is 4.98 Å². The summed E-state index contributed by atoms with van der Waals surface area (Å²) in [7, 11) is 0. The molecule has 0 radical (unpaired) electrons. The van der Waals surface area contributed by atoms with Crippen molar-refractivity contribution in [1.82, 2.24) is 15.0 Å². The summed E-state index contributed by atoms with van der Waals surface area (Å²) < 4.78 is 5.79. The number of hydrazine groups is 1. The summed E-state index contributed by atoms with van der Waals surface area (Å²) in [5, 5.41) is 0. The number of aromatic nitrogens is 3. The van der Waals surface area contributed by atoms with E-state index in [1.54, 1.807) is 12.4 Å². The maximum Gasteiger partial charge on any atom is 0.221 e. The van der Waals surface area contributed by atoms with Gasteiger partial charge in [0.05, 0.1) is 12.2 Å².